The molecule has 14 heavy (non-hydrogen) atoms. The smallest absolute Gasteiger partial charge is 0.326 e. The van der Waals surface area contributed by atoms with E-state index in [9.17, 15) is 10.0 Å². The molecule has 0 aliphatic rings. The summed E-state index contributed by atoms with van der Waals surface area (Å²) in [7, 11) is 0. The van der Waals surface area contributed by atoms with Gasteiger partial charge in [-0.1, -0.05) is 18.2 Å². The lowest BCUT2D eigenvalue weighted by molar-refractivity contribution is -0.144. The number of benzene rings is 1. The van der Waals surface area contributed by atoms with E-state index in [1.165, 1.54) is 0 Å². The van der Waals surface area contributed by atoms with Crippen LogP contribution in [0.1, 0.15) is 6.42 Å². The van der Waals surface area contributed by atoms with Crippen LogP contribution in [0.2, 0.25) is 0 Å². The van der Waals surface area contributed by atoms with E-state index >= 15 is 0 Å². The second-order valence-corrected chi connectivity index (χ2v) is 2.70. The molecule has 1 aromatic carbocycles. The minimum atomic E-state index is -0.556. The highest BCUT2D eigenvalue weighted by Gasteiger charge is 2.06. The summed E-state index contributed by atoms with van der Waals surface area (Å²) in [6.45, 7) is 0.153. The van der Waals surface area contributed by atoms with Crippen molar-refractivity contribution in [2.45, 2.75) is 6.42 Å². The summed E-state index contributed by atoms with van der Waals surface area (Å²) >= 11 is 0. The molecule has 0 spiro atoms. The first-order chi connectivity index (χ1) is 6.74. The first-order valence-electron chi connectivity index (χ1n) is 4.15. The van der Waals surface area contributed by atoms with Crippen LogP contribution in [0.4, 0.5) is 5.69 Å². The molecule has 0 bridgehead atoms. The number of hydrogen-bond donors (Lipinski definition) is 2. The van der Waals surface area contributed by atoms with Crippen LogP contribution in [0.25, 0.3) is 0 Å². The van der Waals surface area contributed by atoms with Crippen LogP contribution in [0.15, 0.2) is 30.3 Å². The summed E-state index contributed by atoms with van der Waals surface area (Å²) < 4.78 is 0. The number of carbonyl (C=O) groups is 1. The van der Waals surface area contributed by atoms with E-state index < -0.39 is 5.97 Å². The van der Waals surface area contributed by atoms with Gasteiger partial charge in [-0.15, -0.1) is 0 Å². The molecule has 5 heteroatoms. The molecule has 3 N–H and O–H groups in total. The number of rotatable bonds is 4. The van der Waals surface area contributed by atoms with Crippen molar-refractivity contribution < 1.29 is 14.8 Å². The average molecular weight is 196 g/mol. The largest absolute Gasteiger partial charge is 0.373 e. The molecule has 0 aliphatic heterocycles. The first kappa shape index (κ1) is 10.5. The van der Waals surface area contributed by atoms with Gasteiger partial charge in [-0.05, 0) is 12.1 Å². The summed E-state index contributed by atoms with van der Waals surface area (Å²) in [5, 5.41) is 10.4. The fourth-order valence-corrected chi connectivity index (χ4v) is 0.985. The van der Waals surface area contributed by atoms with Gasteiger partial charge < -0.3 is 4.84 Å². The number of anilines is 1. The molecule has 0 amide bonds. The number of nitrogens with zero attached hydrogens (tertiary/aromatic N) is 1. The van der Waals surface area contributed by atoms with Crippen molar-refractivity contribution in [3.8, 4) is 0 Å². The molecule has 0 aromatic heterocycles. The molecule has 76 valence electrons. The lowest BCUT2D eigenvalue weighted by atomic mass is 10.3. The van der Waals surface area contributed by atoms with E-state index in [2.05, 4.69) is 10.7 Å². The van der Waals surface area contributed by atoms with Gasteiger partial charge in [0.2, 0.25) is 0 Å². The molecular weight excluding hydrogens is 184 g/mol. The fraction of sp³-hybridized carbons (Fsp3) is 0.222. The predicted molar refractivity (Wildman–Crippen MR) is 50.5 cm³/mol. The number of carbonyl (C=O) groups excluding carboxylic acids is 1. The maximum atomic E-state index is 10.7. The second-order valence-electron chi connectivity index (χ2n) is 2.70. The van der Waals surface area contributed by atoms with Crippen LogP contribution < -0.4 is 11.0 Å². The quantitative estimate of drug-likeness (QED) is 0.693. The fourth-order valence-electron chi connectivity index (χ4n) is 0.985. The molecule has 0 aliphatic carbocycles. The highest BCUT2D eigenvalue weighted by atomic mass is 16.7. The second kappa shape index (κ2) is 5.21. The first-order valence-corrected chi connectivity index (χ1v) is 4.15. The van der Waals surface area contributed by atoms with E-state index in [1.807, 2.05) is 6.07 Å². The minimum absolute atomic E-state index is 0.0435. The van der Waals surface area contributed by atoms with Crippen LogP contribution in [0.5, 0.6) is 0 Å². The van der Waals surface area contributed by atoms with Gasteiger partial charge in [-0.25, -0.2) is 0 Å². The predicted octanol–water partition coefficient (Wildman–Crippen LogP) is 0.689. The Morgan fingerprint density at radius 2 is 2.07 bits per heavy atom. The number of para-hydroxylation sites is 1. The Kier molecular flexibility index (Phi) is 3.90. The molecular formula is C9H12N2O3. The molecule has 0 saturated heterocycles. The molecule has 0 saturated carbocycles. The summed E-state index contributed by atoms with van der Waals surface area (Å²) in [4.78, 5) is 14.6. The van der Waals surface area contributed by atoms with E-state index in [1.54, 1.807) is 24.3 Å². The standard InChI is InChI=1S/C9H12N2O3/c10-14-9(12)6-7-11(13)8-4-2-1-3-5-8/h1-5,13H,6-7,10H2. The van der Waals surface area contributed by atoms with Crippen molar-refractivity contribution in [3.63, 3.8) is 0 Å². The topological polar surface area (TPSA) is 75.8 Å². The Labute approximate surface area is 81.6 Å². The van der Waals surface area contributed by atoms with E-state index in [4.69, 9.17) is 0 Å². The third-order valence-corrected chi connectivity index (χ3v) is 1.71. The van der Waals surface area contributed by atoms with E-state index in [0.29, 0.717) is 5.69 Å². The summed E-state index contributed by atoms with van der Waals surface area (Å²) in [6, 6.07) is 8.88. The minimum Gasteiger partial charge on any atom is -0.373 e. The molecule has 0 unspecified atom stereocenters. The number of hydrogen-bond acceptors (Lipinski definition) is 5. The third-order valence-electron chi connectivity index (χ3n) is 1.71. The zero-order valence-corrected chi connectivity index (χ0v) is 7.59. The van der Waals surface area contributed by atoms with Crippen molar-refractivity contribution in [1.29, 1.82) is 0 Å². The van der Waals surface area contributed by atoms with Crippen LogP contribution in [0.3, 0.4) is 0 Å². The van der Waals surface area contributed by atoms with Crippen molar-refractivity contribution in [3.05, 3.63) is 30.3 Å². The van der Waals surface area contributed by atoms with Gasteiger partial charge in [0.05, 0.1) is 18.7 Å². The van der Waals surface area contributed by atoms with E-state index in [0.717, 1.165) is 5.06 Å². The van der Waals surface area contributed by atoms with Crippen molar-refractivity contribution in [2.75, 3.05) is 11.6 Å². The Morgan fingerprint density at radius 1 is 1.43 bits per heavy atom. The van der Waals surface area contributed by atoms with Crippen molar-refractivity contribution in [1.82, 2.24) is 0 Å². The highest BCUT2D eigenvalue weighted by molar-refractivity contribution is 5.69. The van der Waals surface area contributed by atoms with Gasteiger partial charge in [-0.3, -0.25) is 15.1 Å². The lowest BCUT2D eigenvalue weighted by Crippen LogP contribution is -2.23. The number of nitrogens with two attached hydrogens (primary N) is 1. The van der Waals surface area contributed by atoms with Crippen molar-refractivity contribution >= 4 is 11.7 Å². The molecule has 0 radical (unpaired) electrons. The zero-order valence-electron chi connectivity index (χ0n) is 7.59. The lowest BCUT2D eigenvalue weighted by Gasteiger charge is -2.15. The normalized spacial score (nSPS) is 9.57. The van der Waals surface area contributed by atoms with Crippen LogP contribution in [-0.4, -0.2) is 17.7 Å². The van der Waals surface area contributed by atoms with E-state index in [-0.39, 0.29) is 13.0 Å². The average Bonchev–Trinajstić information content (AvgIpc) is 2.26. The molecule has 1 aromatic rings. The molecule has 5 nitrogen and oxygen atoms in total. The van der Waals surface area contributed by atoms with Crippen LogP contribution in [-0.2, 0) is 9.63 Å². The van der Waals surface area contributed by atoms with Gasteiger partial charge in [0.25, 0.3) is 0 Å². The van der Waals surface area contributed by atoms with Gasteiger partial charge >= 0.3 is 5.97 Å². The maximum Gasteiger partial charge on any atom is 0.326 e. The van der Waals surface area contributed by atoms with Crippen molar-refractivity contribution in [2.24, 2.45) is 5.90 Å². The molecule has 0 fully saturated rings. The van der Waals surface area contributed by atoms with Gasteiger partial charge in [0.15, 0.2) is 0 Å². The Balaban J connectivity index is 2.43. The van der Waals surface area contributed by atoms with Gasteiger partial charge in [-0.2, -0.15) is 5.90 Å². The van der Waals surface area contributed by atoms with Gasteiger partial charge in [0, 0.05) is 0 Å². The maximum absolute atomic E-state index is 10.7. The molecule has 1 rings (SSSR count). The Hall–Kier alpha value is -1.59. The summed E-state index contributed by atoms with van der Waals surface area (Å²) in [5.74, 6) is 4.09. The van der Waals surface area contributed by atoms with Crippen LogP contribution in [0, 0.1) is 0 Å². The SMILES string of the molecule is NOC(=O)CCN(O)c1ccccc1. The molecule has 0 atom stereocenters. The highest BCUT2D eigenvalue weighted by Crippen LogP contribution is 2.10. The molecule has 0 heterocycles. The number of hydroxylamine groups is 1. The third kappa shape index (κ3) is 3.04. The Bertz CT molecular complexity index is 289. The van der Waals surface area contributed by atoms with Crippen LogP contribution >= 0.6 is 0 Å². The van der Waals surface area contributed by atoms with Gasteiger partial charge in [0.1, 0.15) is 0 Å². The summed E-state index contributed by atoms with van der Waals surface area (Å²) in [5.41, 5.74) is 0.623. The Morgan fingerprint density at radius 3 is 2.64 bits per heavy atom. The monoisotopic (exact) mass is 196 g/mol. The summed E-state index contributed by atoms with van der Waals surface area (Å²) in [6.07, 6.45) is 0.0435. The zero-order chi connectivity index (χ0) is 10.4.